The number of nitrogens with one attached hydrogen (secondary N) is 1. The molecule has 1 aromatic heterocycles. The molecule has 1 amide bonds. The number of H-pyrrole nitrogens is 1. The summed E-state index contributed by atoms with van der Waals surface area (Å²) in [5, 5.41) is 9.75. The third-order valence-corrected chi connectivity index (χ3v) is 2.79. The van der Waals surface area contributed by atoms with Gasteiger partial charge in [-0.3, -0.25) is 9.59 Å². The van der Waals surface area contributed by atoms with Crippen molar-refractivity contribution in [2.75, 3.05) is 13.1 Å². The molecule has 1 fully saturated rings. The standard InChI is InChI=1S/C11H14N2O3/c1-11(16)4-6-13(7-11)10(15)8-3-2-5-12-9(8)14/h2-3,5,16H,4,6-7H2,1H3,(H,12,14). The lowest BCUT2D eigenvalue weighted by Crippen LogP contribution is -2.36. The summed E-state index contributed by atoms with van der Waals surface area (Å²) in [6, 6.07) is 3.11. The van der Waals surface area contributed by atoms with Crippen LogP contribution in [0.15, 0.2) is 23.1 Å². The summed E-state index contributed by atoms with van der Waals surface area (Å²) in [5.74, 6) is -0.320. The number of carbonyl (C=O) groups is 1. The normalized spacial score (nSPS) is 24.8. The van der Waals surface area contributed by atoms with Crippen molar-refractivity contribution < 1.29 is 9.90 Å². The molecule has 0 aromatic carbocycles. The largest absolute Gasteiger partial charge is 0.388 e. The van der Waals surface area contributed by atoms with Gasteiger partial charge < -0.3 is 15.0 Å². The lowest BCUT2D eigenvalue weighted by atomic mass is 10.1. The van der Waals surface area contributed by atoms with Gasteiger partial charge in [0.05, 0.1) is 5.60 Å². The average molecular weight is 222 g/mol. The third-order valence-electron chi connectivity index (χ3n) is 2.79. The molecule has 2 heterocycles. The van der Waals surface area contributed by atoms with Crippen LogP contribution in [0.4, 0.5) is 0 Å². The van der Waals surface area contributed by atoms with Crippen molar-refractivity contribution in [1.82, 2.24) is 9.88 Å². The Morgan fingerprint density at radius 1 is 1.62 bits per heavy atom. The molecular weight excluding hydrogens is 208 g/mol. The van der Waals surface area contributed by atoms with Gasteiger partial charge in [0, 0.05) is 19.3 Å². The zero-order valence-electron chi connectivity index (χ0n) is 9.06. The molecular formula is C11H14N2O3. The van der Waals surface area contributed by atoms with Crippen molar-refractivity contribution >= 4 is 5.91 Å². The van der Waals surface area contributed by atoms with E-state index < -0.39 is 5.60 Å². The Morgan fingerprint density at radius 2 is 2.38 bits per heavy atom. The predicted octanol–water partition coefficient (Wildman–Crippen LogP) is -0.0282. The van der Waals surface area contributed by atoms with Crippen LogP contribution in [0.5, 0.6) is 0 Å². The van der Waals surface area contributed by atoms with Crippen molar-refractivity contribution in [3.63, 3.8) is 0 Å². The quantitative estimate of drug-likeness (QED) is 0.701. The lowest BCUT2D eigenvalue weighted by molar-refractivity contribution is 0.0571. The Balaban J connectivity index is 2.22. The molecule has 1 aliphatic heterocycles. The number of hydrogen-bond acceptors (Lipinski definition) is 3. The van der Waals surface area contributed by atoms with E-state index in [4.69, 9.17) is 0 Å². The number of amides is 1. The number of aromatic nitrogens is 1. The maximum absolute atomic E-state index is 12.0. The average Bonchev–Trinajstić information content (AvgIpc) is 2.59. The van der Waals surface area contributed by atoms with Crippen molar-refractivity contribution in [2.24, 2.45) is 0 Å². The first-order chi connectivity index (χ1) is 7.49. The number of β-amino-alcohol motifs (C(OH)–C–C–N with tert-alkyl or cyclic N) is 1. The zero-order valence-corrected chi connectivity index (χ0v) is 9.06. The minimum Gasteiger partial charge on any atom is -0.388 e. The number of rotatable bonds is 1. The van der Waals surface area contributed by atoms with Crippen LogP contribution >= 0.6 is 0 Å². The van der Waals surface area contributed by atoms with Crippen molar-refractivity contribution in [1.29, 1.82) is 0 Å². The fourth-order valence-corrected chi connectivity index (χ4v) is 1.88. The fourth-order valence-electron chi connectivity index (χ4n) is 1.88. The van der Waals surface area contributed by atoms with Crippen LogP contribution in [0.2, 0.25) is 0 Å². The topological polar surface area (TPSA) is 73.4 Å². The number of aliphatic hydroxyl groups is 1. The van der Waals surface area contributed by atoms with Gasteiger partial charge in [-0.2, -0.15) is 0 Å². The van der Waals surface area contributed by atoms with Crippen molar-refractivity contribution in [2.45, 2.75) is 18.9 Å². The van der Waals surface area contributed by atoms with E-state index in [0.29, 0.717) is 13.0 Å². The van der Waals surface area contributed by atoms with Gasteiger partial charge >= 0.3 is 0 Å². The van der Waals surface area contributed by atoms with Gasteiger partial charge in [0.25, 0.3) is 11.5 Å². The van der Waals surface area contributed by atoms with Gasteiger partial charge in [0.15, 0.2) is 0 Å². The van der Waals surface area contributed by atoms with Crippen LogP contribution in [-0.2, 0) is 0 Å². The Morgan fingerprint density at radius 3 is 2.94 bits per heavy atom. The molecule has 16 heavy (non-hydrogen) atoms. The second kappa shape index (κ2) is 3.75. The molecule has 1 aromatic rings. The minimum atomic E-state index is -0.836. The molecule has 0 radical (unpaired) electrons. The van der Waals surface area contributed by atoms with Gasteiger partial charge in [-0.25, -0.2) is 0 Å². The van der Waals surface area contributed by atoms with E-state index in [1.54, 1.807) is 13.0 Å². The molecule has 0 saturated carbocycles. The Labute approximate surface area is 92.7 Å². The first kappa shape index (κ1) is 10.9. The van der Waals surface area contributed by atoms with E-state index in [9.17, 15) is 14.7 Å². The second-order valence-electron chi connectivity index (χ2n) is 4.39. The Bertz CT molecular complexity index is 464. The highest BCUT2D eigenvalue weighted by Crippen LogP contribution is 2.21. The van der Waals surface area contributed by atoms with Gasteiger partial charge in [-0.15, -0.1) is 0 Å². The van der Waals surface area contributed by atoms with E-state index in [0.717, 1.165) is 0 Å². The van der Waals surface area contributed by atoms with E-state index in [2.05, 4.69) is 4.98 Å². The van der Waals surface area contributed by atoms with Crippen LogP contribution in [0.3, 0.4) is 0 Å². The summed E-state index contributed by atoms with van der Waals surface area (Å²) >= 11 is 0. The summed E-state index contributed by atoms with van der Waals surface area (Å²) in [6.07, 6.45) is 2.03. The molecule has 5 nitrogen and oxygen atoms in total. The van der Waals surface area contributed by atoms with Gasteiger partial charge in [-0.05, 0) is 25.5 Å². The molecule has 2 N–H and O–H groups in total. The molecule has 1 saturated heterocycles. The molecule has 1 aliphatic rings. The summed E-state index contributed by atoms with van der Waals surface area (Å²) in [5.41, 5.74) is -1.10. The van der Waals surface area contributed by atoms with Crippen molar-refractivity contribution in [3.05, 3.63) is 34.2 Å². The second-order valence-corrected chi connectivity index (χ2v) is 4.39. The highest BCUT2D eigenvalue weighted by atomic mass is 16.3. The van der Waals surface area contributed by atoms with Crippen LogP contribution in [0.1, 0.15) is 23.7 Å². The number of carbonyl (C=O) groups excluding carboxylic acids is 1. The summed E-state index contributed by atoms with van der Waals surface area (Å²) in [7, 11) is 0. The van der Waals surface area contributed by atoms with E-state index in [1.165, 1.54) is 17.2 Å². The van der Waals surface area contributed by atoms with Gasteiger partial charge in [0.2, 0.25) is 0 Å². The summed E-state index contributed by atoms with van der Waals surface area (Å²) < 4.78 is 0. The van der Waals surface area contributed by atoms with Crippen LogP contribution in [0, 0.1) is 0 Å². The smallest absolute Gasteiger partial charge is 0.260 e. The molecule has 86 valence electrons. The van der Waals surface area contributed by atoms with E-state index in [1.807, 2.05) is 0 Å². The highest BCUT2D eigenvalue weighted by Gasteiger charge is 2.34. The first-order valence-electron chi connectivity index (χ1n) is 5.19. The minimum absolute atomic E-state index is 0.125. The molecule has 1 unspecified atom stereocenters. The van der Waals surface area contributed by atoms with Crippen LogP contribution in [0.25, 0.3) is 0 Å². The predicted molar refractivity (Wildman–Crippen MR) is 58.2 cm³/mol. The molecule has 0 aliphatic carbocycles. The van der Waals surface area contributed by atoms with Crippen molar-refractivity contribution in [3.8, 4) is 0 Å². The number of hydrogen-bond donors (Lipinski definition) is 2. The highest BCUT2D eigenvalue weighted by molar-refractivity contribution is 5.94. The monoisotopic (exact) mass is 222 g/mol. The molecule has 1 atom stereocenters. The first-order valence-corrected chi connectivity index (χ1v) is 5.19. The van der Waals surface area contributed by atoms with E-state index in [-0.39, 0.29) is 23.6 Å². The number of nitrogens with zero attached hydrogens (tertiary/aromatic N) is 1. The summed E-state index contributed by atoms with van der Waals surface area (Å²) in [6.45, 7) is 2.45. The van der Waals surface area contributed by atoms with Crippen LogP contribution < -0.4 is 5.56 Å². The molecule has 0 bridgehead atoms. The molecule has 5 heteroatoms. The molecule has 2 rings (SSSR count). The van der Waals surface area contributed by atoms with Crippen LogP contribution in [-0.4, -0.2) is 39.6 Å². The fraction of sp³-hybridized carbons (Fsp3) is 0.455. The number of pyridine rings is 1. The van der Waals surface area contributed by atoms with E-state index >= 15 is 0 Å². The Hall–Kier alpha value is -1.62. The zero-order chi connectivity index (χ0) is 11.8. The number of likely N-dealkylation sites (tertiary alicyclic amines) is 1. The summed E-state index contributed by atoms with van der Waals surface area (Å²) in [4.78, 5) is 27.3. The SMILES string of the molecule is CC1(O)CCN(C(=O)c2ccc[nH]c2=O)C1. The Kier molecular flexibility index (Phi) is 2.55. The third kappa shape index (κ3) is 1.99. The maximum atomic E-state index is 12.0. The van der Waals surface area contributed by atoms with Gasteiger partial charge in [0.1, 0.15) is 5.56 Å². The maximum Gasteiger partial charge on any atom is 0.260 e. The molecule has 0 spiro atoms. The number of aromatic amines is 1. The van der Waals surface area contributed by atoms with Gasteiger partial charge in [-0.1, -0.05) is 0 Å². The lowest BCUT2D eigenvalue weighted by Gasteiger charge is -2.18.